The zero-order chi connectivity index (χ0) is 16.2. The zero-order valence-electron chi connectivity index (χ0n) is 12.3. The van der Waals surface area contributed by atoms with Crippen LogP contribution in [0, 0.1) is 0 Å². The van der Waals surface area contributed by atoms with Gasteiger partial charge in [-0.3, -0.25) is 0 Å². The van der Waals surface area contributed by atoms with Crippen molar-refractivity contribution in [2.45, 2.75) is 32.4 Å². The summed E-state index contributed by atoms with van der Waals surface area (Å²) in [5.74, 6) is 0.169. The number of halogens is 2. The molecule has 5 nitrogen and oxygen atoms in total. The minimum Gasteiger partial charge on any atom is -0.435 e. The number of piperidine rings is 1. The van der Waals surface area contributed by atoms with Gasteiger partial charge in [0, 0.05) is 24.8 Å². The molecule has 8 heteroatoms. The van der Waals surface area contributed by atoms with Crippen molar-refractivity contribution in [1.29, 1.82) is 0 Å². The maximum absolute atomic E-state index is 12.1. The summed E-state index contributed by atoms with van der Waals surface area (Å²) in [6.45, 7) is 0.131. The summed E-state index contributed by atoms with van der Waals surface area (Å²) >= 11 is 0. The first kappa shape index (κ1) is 17.0. The van der Waals surface area contributed by atoms with Crippen LogP contribution in [0.25, 0.3) is 0 Å². The molecule has 1 aliphatic heterocycles. The Kier molecular flexibility index (Phi) is 5.57. The summed E-state index contributed by atoms with van der Waals surface area (Å²) < 4.78 is 54.5. The zero-order valence-corrected chi connectivity index (χ0v) is 13.2. The summed E-state index contributed by atoms with van der Waals surface area (Å²) in [4.78, 5) is 2.04. The highest BCUT2D eigenvalue weighted by Crippen LogP contribution is 2.24. The number of sulfonamides is 1. The highest BCUT2D eigenvalue weighted by Gasteiger charge is 2.23. The van der Waals surface area contributed by atoms with Crippen molar-refractivity contribution in [1.82, 2.24) is 4.72 Å². The molecule has 1 atom stereocenters. The number of benzene rings is 1. The Hall–Kier alpha value is -1.41. The molecule has 0 unspecified atom stereocenters. The van der Waals surface area contributed by atoms with E-state index in [1.807, 2.05) is 4.90 Å². The topological polar surface area (TPSA) is 58.6 Å². The highest BCUT2D eigenvalue weighted by molar-refractivity contribution is 7.89. The van der Waals surface area contributed by atoms with Gasteiger partial charge in [0.05, 0.1) is 5.75 Å². The molecule has 1 aliphatic rings. The second-order valence-corrected chi connectivity index (χ2v) is 7.22. The number of rotatable bonds is 6. The van der Waals surface area contributed by atoms with Crippen LogP contribution in [0.15, 0.2) is 24.3 Å². The molecule has 1 aromatic carbocycles. The van der Waals surface area contributed by atoms with Crippen molar-refractivity contribution in [3.63, 3.8) is 0 Å². The van der Waals surface area contributed by atoms with E-state index in [1.54, 1.807) is 19.1 Å². The lowest BCUT2D eigenvalue weighted by Gasteiger charge is -2.34. The predicted molar refractivity (Wildman–Crippen MR) is 80.9 cm³/mol. The number of hydrogen-bond donors (Lipinski definition) is 1. The van der Waals surface area contributed by atoms with Gasteiger partial charge in [-0.05, 0) is 44.0 Å². The minimum atomic E-state index is -3.22. The van der Waals surface area contributed by atoms with Crippen LogP contribution in [-0.4, -0.2) is 39.9 Å². The number of nitrogens with one attached hydrogen (secondary N) is 1. The van der Waals surface area contributed by atoms with Gasteiger partial charge in [0.2, 0.25) is 10.0 Å². The van der Waals surface area contributed by atoms with Crippen molar-refractivity contribution in [2.75, 3.05) is 23.7 Å². The fourth-order valence-electron chi connectivity index (χ4n) is 2.48. The molecule has 1 fully saturated rings. The standard InChI is InChI=1S/C14H20F2N2O3S/c1-2-22(19,20)17-11-4-3-9-18(10-11)12-5-7-13(8-6-12)21-14(15)16/h5-8,11,14,17H,2-4,9-10H2,1H3/t11-/m1/s1. The summed E-state index contributed by atoms with van der Waals surface area (Å²) in [6.07, 6.45) is 1.66. The SMILES string of the molecule is CCS(=O)(=O)N[C@@H]1CCCN(c2ccc(OC(F)F)cc2)C1. The van der Waals surface area contributed by atoms with Gasteiger partial charge < -0.3 is 9.64 Å². The molecule has 1 aromatic rings. The minimum absolute atomic E-state index is 0.0587. The van der Waals surface area contributed by atoms with Gasteiger partial charge in [-0.15, -0.1) is 0 Å². The molecule has 2 rings (SSSR count). The van der Waals surface area contributed by atoms with Crippen LogP contribution in [0.4, 0.5) is 14.5 Å². The molecular weight excluding hydrogens is 314 g/mol. The molecule has 22 heavy (non-hydrogen) atoms. The van der Waals surface area contributed by atoms with E-state index >= 15 is 0 Å². The van der Waals surface area contributed by atoms with E-state index in [-0.39, 0.29) is 17.5 Å². The van der Waals surface area contributed by atoms with Crippen molar-refractivity contribution in [3.8, 4) is 5.75 Å². The summed E-state index contributed by atoms with van der Waals surface area (Å²) in [5, 5.41) is 0. The van der Waals surface area contributed by atoms with Gasteiger partial charge in [0.25, 0.3) is 0 Å². The number of anilines is 1. The van der Waals surface area contributed by atoms with E-state index in [4.69, 9.17) is 0 Å². The molecule has 1 N–H and O–H groups in total. The Morgan fingerprint density at radius 1 is 1.36 bits per heavy atom. The van der Waals surface area contributed by atoms with Crippen molar-refractivity contribution < 1.29 is 21.9 Å². The average molecular weight is 334 g/mol. The summed E-state index contributed by atoms with van der Waals surface area (Å²) in [6, 6.07) is 6.25. The molecule has 0 radical (unpaired) electrons. The first-order chi connectivity index (χ1) is 10.4. The van der Waals surface area contributed by atoms with E-state index in [9.17, 15) is 17.2 Å². The molecule has 0 bridgehead atoms. The molecule has 0 saturated carbocycles. The van der Waals surface area contributed by atoms with Gasteiger partial charge >= 0.3 is 6.61 Å². The van der Waals surface area contributed by atoms with E-state index in [0.29, 0.717) is 6.54 Å². The predicted octanol–water partition coefficient (Wildman–Crippen LogP) is 2.20. The van der Waals surface area contributed by atoms with E-state index in [0.717, 1.165) is 25.1 Å². The Labute approximate surface area is 129 Å². The van der Waals surface area contributed by atoms with Crippen LogP contribution in [-0.2, 0) is 10.0 Å². The van der Waals surface area contributed by atoms with Crippen molar-refractivity contribution >= 4 is 15.7 Å². The molecule has 124 valence electrons. The Morgan fingerprint density at radius 3 is 2.64 bits per heavy atom. The third-order valence-electron chi connectivity index (χ3n) is 3.57. The normalized spacial score (nSPS) is 19.5. The second-order valence-electron chi connectivity index (χ2n) is 5.18. The Bertz CT molecular complexity index is 578. The highest BCUT2D eigenvalue weighted by atomic mass is 32.2. The van der Waals surface area contributed by atoms with E-state index in [1.165, 1.54) is 12.1 Å². The van der Waals surface area contributed by atoms with Gasteiger partial charge in [0.15, 0.2) is 0 Å². The first-order valence-corrected chi connectivity index (χ1v) is 8.84. The van der Waals surface area contributed by atoms with Crippen LogP contribution in [0.2, 0.25) is 0 Å². The molecule has 0 aliphatic carbocycles. The maximum atomic E-state index is 12.1. The largest absolute Gasteiger partial charge is 0.435 e. The van der Waals surface area contributed by atoms with E-state index < -0.39 is 16.6 Å². The molecule has 1 saturated heterocycles. The second kappa shape index (κ2) is 7.23. The average Bonchev–Trinajstić information content (AvgIpc) is 2.47. The molecule has 0 amide bonds. The molecule has 0 spiro atoms. The lowest BCUT2D eigenvalue weighted by Crippen LogP contribution is -2.48. The van der Waals surface area contributed by atoms with Crippen molar-refractivity contribution in [3.05, 3.63) is 24.3 Å². The molecular formula is C14H20F2N2O3S. The third-order valence-corrected chi connectivity index (χ3v) is 5.03. The van der Waals surface area contributed by atoms with Gasteiger partial charge in [0.1, 0.15) is 5.75 Å². The van der Waals surface area contributed by atoms with E-state index in [2.05, 4.69) is 9.46 Å². The first-order valence-electron chi connectivity index (χ1n) is 7.19. The lowest BCUT2D eigenvalue weighted by molar-refractivity contribution is -0.0498. The number of ether oxygens (including phenoxy) is 1. The fourth-order valence-corrected chi connectivity index (χ4v) is 3.35. The third kappa shape index (κ3) is 4.81. The smallest absolute Gasteiger partial charge is 0.387 e. The molecule has 1 heterocycles. The van der Waals surface area contributed by atoms with Crippen LogP contribution < -0.4 is 14.4 Å². The quantitative estimate of drug-likeness (QED) is 0.866. The molecule has 0 aromatic heterocycles. The summed E-state index contributed by atoms with van der Waals surface area (Å²) in [7, 11) is -3.22. The Balaban J connectivity index is 2.00. The van der Waals surface area contributed by atoms with Crippen molar-refractivity contribution in [2.24, 2.45) is 0 Å². The van der Waals surface area contributed by atoms with Gasteiger partial charge in [-0.25, -0.2) is 13.1 Å². The van der Waals surface area contributed by atoms with Crippen LogP contribution in [0.5, 0.6) is 5.75 Å². The Morgan fingerprint density at radius 2 is 2.05 bits per heavy atom. The van der Waals surface area contributed by atoms with Crippen LogP contribution in [0.3, 0.4) is 0 Å². The number of hydrogen-bond acceptors (Lipinski definition) is 4. The van der Waals surface area contributed by atoms with Gasteiger partial charge in [-0.2, -0.15) is 8.78 Å². The summed E-state index contributed by atoms with van der Waals surface area (Å²) in [5.41, 5.74) is 0.863. The fraction of sp³-hybridized carbons (Fsp3) is 0.571. The monoisotopic (exact) mass is 334 g/mol. The number of alkyl halides is 2. The number of nitrogens with zero attached hydrogens (tertiary/aromatic N) is 1. The van der Waals surface area contributed by atoms with Crippen LogP contribution >= 0.6 is 0 Å². The lowest BCUT2D eigenvalue weighted by atomic mass is 10.1. The van der Waals surface area contributed by atoms with Crippen LogP contribution in [0.1, 0.15) is 19.8 Å². The maximum Gasteiger partial charge on any atom is 0.387 e. The van der Waals surface area contributed by atoms with Gasteiger partial charge in [-0.1, -0.05) is 0 Å².